The molecule has 4 rings (SSSR count). The number of rotatable bonds is 2. The summed E-state index contributed by atoms with van der Waals surface area (Å²) in [6.45, 7) is 0. The van der Waals surface area contributed by atoms with Crippen LogP contribution < -0.4 is 5.32 Å². The van der Waals surface area contributed by atoms with Crippen molar-refractivity contribution in [3.05, 3.63) is 41.7 Å². The van der Waals surface area contributed by atoms with E-state index in [1.54, 1.807) is 6.20 Å². The zero-order chi connectivity index (χ0) is 15.1. The van der Waals surface area contributed by atoms with Gasteiger partial charge in [-0.15, -0.1) is 0 Å². The summed E-state index contributed by atoms with van der Waals surface area (Å²) in [5.41, 5.74) is 3.31. The fourth-order valence-corrected chi connectivity index (χ4v) is 3.13. The first kappa shape index (κ1) is 13.0. The zero-order valence-corrected chi connectivity index (χ0v) is 12.0. The third kappa shape index (κ3) is 1.97. The molecule has 2 heterocycles. The quantitative estimate of drug-likeness (QED) is 0.835. The Kier molecular flexibility index (Phi) is 2.92. The van der Waals surface area contributed by atoms with E-state index in [1.807, 2.05) is 24.3 Å². The van der Waals surface area contributed by atoms with E-state index in [9.17, 15) is 9.59 Å². The normalized spacial score (nSPS) is 18.5. The number of amides is 2. The number of aromatic nitrogens is 1. The summed E-state index contributed by atoms with van der Waals surface area (Å²) in [5, 5.41) is 3.29. The maximum absolute atomic E-state index is 12.2. The van der Waals surface area contributed by atoms with Crippen LogP contribution >= 0.6 is 0 Å². The molecule has 1 aliphatic carbocycles. The highest BCUT2D eigenvalue weighted by Gasteiger charge is 2.33. The van der Waals surface area contributed by atoms with Crippen LogP contribution in [0, 0.1) is 0 Å². The van der Waals surface area contributed by atoms with Gasteiger partial charge in [0, 0.05) is 28.4 Å². The molecule has 2 N–H and O–H groups in total. The van der Waals surface area contributed by atoms with E-state index in [-0.39, 0.29) is 11.6 Å². The number of aliphatic imine (C=N–C) groups is 1. The summed E-state index contributed by atoms with van der Waals surface area (Å²) < 4.78 is 0. The summed E-state index contributed by atoms with van der Waals surface area (Å²) in [5.74, 6) is -0.767. The Morgan fingerprint density at radius 2 is 1.77 bits per heavy atom. The fraction of sp³-hybridized carbons (Fsp3) is 0.235. The van der Waals surface area contributed by atoms with Crippen LogP contribution in [0.5, 0.6) is 0 Å². The lowest BCUT2D eigenvalue weighted by Crippen LogP contribution is -2.22. The summed E-state index contributed by atoms with van der Waals surface area (Å²) in [6.07, 6.45) is 5.79. The van der Waals surface area contributed by atoms with Gasteiger partial charge in [-0.3, -0.25) is 19.9 Å². The molecular formula is C17H15N3O2. The number of carbonyl (C=O) groups excluding carboxylic acids is 2. The molecule has 1 fully saturated rings. The van der Waals surface area contributed by atoms with Crippen molar-refractivity contribution < 1.29 is 9.59 Å². The topological polar surface area (TPSA) is 74.3 Å². The molecule has 0 radical (unpaired) electrons. The summed E-state index contributed by atoms with van der Waals surface area (Å²) >= 11 is 0. The Morgan fingerprint density at radius 1 is 1.00 bits per heavy atom. The number of nitrogens with one attached hydrogen (secondary N) is 2. The lowest BCUT2D eigenvalue weighted by atomic mass is 10.0. The highest BCUT2D eigenvalue weighted by molar-refractivity contribution is 6.37. The van der Waals surface area contributed by atoms with Crippen LogP contribution in [0.2, 0.25) is 0 Å². The zero-order valence-electron chi connectivity index (χ0n) is 12.0. The highest BCUT2D eigenvalue weighted by Crippen LogP contribution is 2.31. The molecule has 110 valence electrons. The Bertz CT molecular complexity index is 850. The molecular weight excluding hydrogens is 278 g/mol. The Hall–Kier alpha value is -2.69. The van der Waals surface area contributed by atoms with E-state index in [0.29, 0.717) is 5.57 Å². The number of hydrogen-bond acceptors (Lipinski definition) is 3. The standard InChI is InChI=1S/C17H15N3O2/c21-16-14(12-9-18-13-8-4-3-7-11(12)13)15(17(22)20-16)19-10-5-1-2-6-10/h3-4,7-9,18H,1-2,5-6H2,(H,20,21,22). The Labute approximate surface area is 127 Å². The van der Waals surface area contributed by atoms with Crippen LogP contribution in [0.25, 0.3) is 16.5 Å². The van der Waals surface area contributed by atoms with Gasteiger partial charge < -0.3 is 4.98 Å². The van der Waals surface area contributed by atoms with Crippen LogP contribution in [0.3, 0.4) is 0 Å². The van der Waals surface area contributed by atoms with E-state index in [2.05, 4.69) is 15.3 Å². The second-order valence-corrected chi connectivity index (χ2v) is 5.64. The molecule has 2 amide bonds. The SMILES string of the molecule is O=C1NC(=O)C(c2c[nH]c3ccccc23)=C1N=C1CCCC1. The van der Waals surface area contributed by atoms with Crippen LogP contribution in [0.15, 0.2) is 41.2 Å². The smallest absolute Gasteiger partial charge is 0.277 e. The second-order valence-electron chi connectivity index (χ2n) is 5.64. The van der Waals surface area contributed by atoms with Gasteiger partial charge in [-0.05, 0) is 31.7 Å². The minimum absolute atomic E-state index is 0.256. The highest BCUT2D eigenvalue weighted by atomic mass is 16.2. The minimum atomic E-state index is -0.398. The average Bonchev–Trinajstić information content (AvgIpc) is 3.21. The predicted molar refractivity (Wildman–Crippen MR) is 84.3 cm³/mol. The van der Waals surface area contributed by atoms with E-state index in [1.165, 1.54) is 0 Å². The number of benzene rings is 1. The third-order valence-corrected chi connectivity index (χ3v) is 4.22. The number of carbonyl (C=O) groups is 2. The number of imide groups is 1. The lowest BCUT2D eigenvalue weighted by Gasteiger charge is -2.00. The van der Waals surface area contributed by atoms with Gasteiger partial charge in [0.2, 0.25) is 0 Å². The Balaban J connectivity index is 1.92. The van der Waals surface area contributed by atoms with Gasteiger partial charge in [-0.1, -0.05) is 18.2 Å². The first-order valence-corrected chi connectivity index (χ1v) is 7.47. The number of aromatic amines is 1. The summed E-state index contributed by atoms with van der Waals surface area (Å²) in [7, 11) is 0. The van der Waals surface area contributed by atoms with Crippen molar-refractivity contribution >= 4 is 34.0 Å². The van der Waals surface area contributed by atoms with Gasteiger partial charge in [-0.2, -0.15) is 0 Å². The monoisotopic (exact) mass is 293 g/mol. The average molecular weight is 293 g/mol. The van der Waals surface area contributed by atoms with Crippen molar-refractivity contribution in [2.24, 2.45) is 4.99 Å². The van der Waals surface area contributed by atoms with Gasteiger partial charge in [0.05, 0.1) is 5.57 Å². The molecule has 5 heteroatoms. The fourth-order valence-electron chi connectivity index (χ4n) is 3.13. The van der Waals surface area contributed by atoms with Crippen molar-refractivity contribution in [1.82, 2.24) is 10.3 Å². The molecule has 22 heavy (non-hydrogen) atoms. The minimum Gasteiger partial charge on any atom is -0.361 e. The van der Waals surface area contributed by atoms with Crippen LogP contribution in [0.1, 0.15) is 31.2 Å². The molecule has 1 aliphatic heterocycles. The molecule has 0 saturated heterocycles. The molecule has 2 aliphatic rings. The van der Waals surface area contributed by atoms with Crippen molar-refractivity contribution in [3.63, 3.8) is 0 Å². The number of fused-ring (bicyclic) bond motifs is 1. The van der Waals surface area contributed by atoms with E-state index in [4.69, 9.17) is 0 Å². The molecule has 2 aromatic rings. The molecule has 1 aromatic carbocycles. The summed E-state index contributed by atoms with van der Waals surface area (Å²) in [4.78, 5) is 32.0. The molecule has 1 saturated carbocycles. The maximum atomic E-state index is 12.2. The van der Waals surface area contributed by atoms with E-state index in [0.717, 1.165) is 47.9 Å². The van der Waals surface area contributed by atoms with Gasteiger partial charge >= 0.3 is 0 Å². The summed E-state index contributed by atoms with van der Waals surface area (Å²) in [6, 6.07) is 7.72. The van der Waals surface area contributed by atoms with Gasteiger partial charge in [0.15, 0.2) is 0 Å². The van der Waals surface area contributed by atoms with Crippen molar-refractivity contribution in [1.29, 1.82) is 0 Å². The van der Waals surface area contributed by atoms with Gasteiger partial charge in [0.25, 0.3) is 11.8 Å². The third-order valence-electron chi connectivity index (χ3n) is 4.22. The predicted octanol–water partition coefficient (Wildman–Crippen LogP) is 2.55. The Morgan fingerprint density at radius 3 is 2.59 bits per heavy atom. The molecule has 0 unspecified atom stereocenters. The van der Waals surface area contributed by atoms with Crippen LogP contribution in [0.4, 0.5) is 0 Å². The van der Waals surface area contributed by atoms with Crippen LogP contribution in [-0.2, 0) is 9.59 Å². The van der Waals surface area contributed by atoms with Crippen molar-refractivity contribution in [2.75, 3.05) is 0 Å². The molecule has 0 atom stereocenters. The number of para-hydroxylation sites is 1. The van der Waals surface area contributed by atoms with E-state index >= 15 is 0 Å². The second kappa shape index (κ2) is 4.94. The largest absolute Gasteiger partial charge is 0.361 e. The van der Waals surface area contributed by atoms with Crippen LogP contribution in [-0.4, -0.2) is 22.5 Å². The first-order chi connectivity index (χ1) is 10.7. The molecule has 1 aromatic heterocycles. The maximum Gasteiger partial charge on any atom is 0.277 e. The van der Waals surface area contributed by atoms with E-state index < -0.39 is 5.91 Å². The van der Waals surface area contributed by atoms with Crippen molar-refractivity contribution in [2.45, 2.75) is 25.7 Å². The first-order valence-electron chi connectivity index (χ1n) is 7.47. The number of H-pyrrole nitrogens is 1. The number of nitrogens with zero attached hydrogens (tertiary/aromatic N) is 1. The lowest BCUT2D eigenvalue weighted by molar-refractivity contribution is -0.123. The van der Waals surface area contributed by atoms with Gasteiger partial charge in [0.1, 0.15) is 5.70 Å². The number of hydrogen-bond donors (Lipinski definition) is 2. The molecule has 0 spiro atoms. The van der Waals surface area contributed by atoms with Crippen molar-refractivity contribution in [3.8, 4) is 0 Å². The molecule has 0 bridgehead atoms. The van der Waals surface area contributed by atoms with Gasteiger partial charge in [-0.25, -0.2) is 0 Å². The molecule has 5 nitrogen and oxygen atoms in total.